The number of hydrogen-bond acceptors (Lipinski definition) is 7. The summed E-state index contributed by atoms with van der Waals surface area (Å²) in [6.07, 6.45) is 6.71. The number of methoxy groups -OCH3 is 1. The van der Waals surface area contributed by atoms with Crippen LogP contribution < -0.4 is 10.4 Å². The molecule has 0 aliphatic heterocycles. The van der Waals surface area contributed by atoms with E-state index in [9.17, 15) is 9.36 Å². The molecule has 1 aliphatic carbocycles. The van der Waals surface area contributed by atoms with Crippen molar-refractivity contribution >= 4 is 32.5 Å². The second-order valence-corrected chi connectivity index (χ2v) is 16.6. The highest BCUT2D eigenvalue weighted by molar-refractivity contribution is 7.48. The van der Waals surface area contributed by atoms with Crippen LogP contribution in [-0.2, 0) is 32.1 Å². The van der Waals surface area contributed by atoms with Crippen LogP contribution in [0.2, 0.25) is 5.04 Å². The molecule has 3 rings (SSSR count). The van der Waals surface area contributed by atoms with E-state index in [0.29, 0.717) is 19.4 Å². The molecule has 0 unspecified atom stereocenters. The second kappa shape index (κ2) is 14.4. The lowest BCUT2D eigenvalue weighted by atomic mass is 9.82. The first-order valence-electron chi connectivity index (χ1n) is 13.9. The fraction of sp³-hybridized carbons (Fsp3) is 0.452. The minimum absolute atomic E-state index is 0.0562. The molecule has 0 spiro atoms. The molecule has 0 saturated carbocycles. The van der Waals surface area contributed by atoms with Gasteiger partial charge in [-0.1, -0.05) is 93.6 Å². The summed E-state index contributed by atoms with van der Waals surface area (Å²) < 4.78 is 42.2. The lowest BCUT2D eigenvalue weighted by Crippen LogP contribution is -2.67. The van der Waals surface area contributed by atoms with E-state index in [1.165, 1.54) is 23.6 Å². The van der Waals surface area contributed by atoms with Crippen molar-refractivity contribution in [1.29, 1.82) is 0 Å². The number of carbonyl (C=O) groups excluding carboxylic acids is 1. The molecule has 2 aromatic rings. The first-order valence-corrected chi connectivity index (χ1v) is 17.2. The molecule has 1 aliphatic rings. The van der Waals surface area contributed by atoms with Crippen LogP contribution in [0.25, 0.3) is 0 Å². The van der Waals surface area contributed by atoms with E-state index >= 15 is 0 Å². The van der Waals surface area contributed by atoms with Crippen LogP contribution in [-0.4, -0.2) is 41.2 Å². The maximum atomic E-state index is 13.4. The van der Waals surface area contributed by atoms with Crippen molar-refractivity contribution < 1.29 is 32.1 Å². The van der Waals surface area contributed by atoms with Crippen LogP contribution >= 0.6 is 7.82 Å². The monoisotopic (exact) mass is 586 g/mol. The number of carbonyl (C=O) groups is 1. The van der Waals surface area contributed by atoms with E-state index in [1.54, 1.807) is 13.8 Å². The van der Waals surface area contributed by atoms with Crippen molar-refractivity contribution in [3.05, 3.63) is 84.7 Å². The van der Waals surface area contributed by atoms with E-state index < -0.39 is 22.1 Å². The molecule has 0 radical (unpaired) electrons. The SMILES string of the molecule is CCOP(=O)(OCC)O/C(=C/C(=O)OC)[C@@H]1CC=CC[C@@H]1CO[Si](c1ccccc1)(c1ccccc1)C(C)(C)C. The predicted molar refractivity (Wildman–Crippen MR) is 161 cm³/mol. The number of esters is 1. The first kappa shape index (κ1) is 32.0. The number of phosphoric ester groups is 1. The topological polar surface area (TPSA) is 80.3 Å². The van der Waals surface area contributed by atoms with Crippen molar-refractivity contribution in [1.82, 2.24) is 0 Å². The average molecular weight is 587 g/mol. The van der Waals surface area contributed by atoms with Gasteiger partial charge in [-0.2, -0.15) is 0 Å². The fourth-order valence-electron chi connectivity index (χ4n) is 5.31. The Hall–Kier alpha value is -2.48. The van der Waals surface area contributed by atoms with Gasteiger partial charge in [0.2, 0.25) is 0 Å². The molecular formula is C31H43O7PSi. The summed E-state index contributed by atoms with van der Waals surface area (Å²) in [6.45, 7) is 10.8. The lowest BCUT2D eigenvalue weighted by Gasteiger charge is -2.44. The molecule has 7 nitrogen and oxygen atoms in total. The third-order valence-corrected chi connectivity index (χ3v) is 13.7. The van der Waals surface area contributed by atoms with Crippen LogP contribution in [0.15, 0.2) is 84.7 Å². The highest BCUT2D eigenvalue weighted by Gasteiger charge is 2.50. The molecule has 2 aromatic carbocycles. The Morgan fingerprint density at radius 3 is 1.93 bits per heavy atom. The van der Waals surface area contributed by atoms with Crippen LogP contribution in [0.1, 0.15) is 47.5 Å². The van der Waals surface area contributed by atoms with E-state index in [0.717, 1.165) is 0 Å². The number of hydrogen-bond donors (Lipinski definition) is 0. The van der Waals surface area contributed by atoms with Crippen LogP contribution in [0.5, 0.6) is 0 Å². The molecule has 40 heavy (non-hydrogen) atoms. The van der Waals surface area contributed by atoms with Crippen molar-refractivity contribution in [3.8, 4) is 0 Å². The second-order valence-electron chi connectivity index (χ2n) is 10.7. The van der Waals surface area contributed by atoms with Gasteiger partial charge in [-0.05, 0) is 48.0 Å². The molecule has 2 atom stereocenters. The molecule has 0 fully saturated rings. The molecule has 0 heterocycles. The maximum Gasteiger partial charge on any atom is 0.529 e. The summed E-state index contributed by atoms with van der Waals surface area (Å²) in [5.41, 5.74) is 0. The molecule has 9 heteroatoms. The van der Waals surface area contributed by atoms with Crippen molar-refractivity contribution in [2.75, 3.05) is 26.9 Å². The predicted octanol–water partition coefficient (Wildman–Crippen LogP) is 6.40. The Labute approximate surface area is 240 Å². The summed E-state index contributed by atoms with van der Waals surface area (Å²) in [7, 11) is -5.43. The summed E-state index contributed by atoms with van der Waals surface area (Å²) in [6, 6.07) is 20.9. The maximum absolute atomic E-state index is 13.4. The van der Waals surface area contributed by atoms with E-state index in [-0.39, 0.29) is 35.8 Å². The zero-order valence-corrected chi connectivity index (χ0v) is 26.4. The van der Waals surface area contributed by atoms with Gasteiger partial charge in [0.15, 0.2) is 0 Å². The van der Waals surface area contributed by atoms with E-state index in [1.807, 2.05) is 18.2 Å². The van der Waals surface area contributed by atoms with Gasteiger partial charge < -0.3 is 13.7 Å². The van der Waals surface area contributed by atoms with Gasteiger partial charge in [0.25, 0.3) is 8.32 Å². The van der Waals surface area contributed by atoms with Gasteiger partial charge in [0.1, 0.15) is 5.76 Å². The smallest absolute Gasteiger partial charge is 0.466 e. The number of ether oxygens (including phenoxy) is 1. The minimum Gasteiger partial charge on any atom is -0.466 e. The normalized spacial score (nSPS) is 18.4. The van der Waals surface area contributed by atoms with Crippen molar-refractivity contribution in [2.24, 2.45) is 11.8 Å². The molecular weight excluding hydrogens is 543 g/mol. The fourth-order valence-corrected chi connectivity index (χ4v) is 11.2. The highest BCUT2D eigenvalue weighted by atomic mass is 31.2. The summed E-state index contributed by atoms with van der Waals surface area (Å²) in [4.78, 5) is 12.4. The highest BCUT2D eigenvalue weighted by Crippen LogP contribution is 2.53. The Kier molecular flexibility index (Phi) is 11.6. The lowest BCUT2D eigenvalue weighted by molar-refractivity contribution is -0.135. The van der Waals surface area contributed by atoms with Gasteiger partial charge >= 0.3 is 13.8 Å². The molecule has 218 valence electrons. The summed E-state index contributed by atoms with van der Waals surface area (Å²) >= 11 is 0. The Morgan fingerprint density at radius 2 is 1.45 bits per heavy atom. The van der Waals surface area contributed by atoms with E-state index in [4.69, 9.17) is 22.7 Å². The number of phosphoric acid groups is 1. The Balaban J connectivity index is 2.03. The van der Waals surface area contributed by atoms with Crippen LogP contribution in [0.3, 0.4) is 0 Å². The van der Waals surface area contributed by atoms with Crippen LogP contribution in [0.4, 0.5) is 0 Å². The minimum atomic E-state index is -3.94. The van der Waals surface area contributed by atoms with Gasteiger partial charge in [0, 0.05) is 12.5 Å². The molecule has 0 saturated heterocycles. The van der Waals surface area contributed by atoms with Crippen molar-refractivity contribution in [3.63, 3.8) is 0 Å². The first-order chi connectivity index (χ1) is 19.1. The number of allylic oxidation sites excluding steroid dienone is 3. The quantitative estimate of drug-likeness (QED) is 0.0671. The third kappa shape index (κ3) is 7.62. The molecule has 0 N–H and O–H groups in total. The standard InChI is InChI=1S/C31H43O7PSi/c1-7-35-39(33,36-8-2)38-29(23-30(32)34-6)28-22-16-15-17-25(28)24-37-40(31(3,4)5,26-18-11-9-12-19-26)27-20-13-10-14-21-27/h9-16,18-21,23,25,28H,7-8,17,22,24H2,1-6H3/b29-23+/t25-,28-/m1/s1. The zero-order chi connectivity index (χ0) is 29.2. The average Bonchev–Trinajstić information content (AvgIpc) is 2.94. The molecule has 0 aromatic heterocycles. The number of benzene rings is 2. The van der Waals surface area contributed by atoms with Gasteiger partial charge in [-0.3, -0.25) is 9.05 Å². The summed E-state index contributed by atoms with van der Waals surface area (Å²) in [5, 5.41) is 2.20. The Bertz CT molecular complexity index is 1140. The third-order valence-electron chi connectivity index (χ3n) is 7.11. The van der Waals surface area contributed by atoms with E-state index in [2.05, 4.69) is 75.4 Å². The van der Waals surface area contributed by atoms with Gasteiger partial charge in [-0.15, -0.1) is 0 Å². The van der Waals surface area contributed by atoms with Crippen molar-refractivity contribution in [2.45, 2.75) is 52.5 Å². The molecule has 0 bridgehead atoms. The largest absolute Gasteiger partial charge is 0.529 e. The van der Waals surface area contributed by atoms with Gasteiger partial charge in [0.05, 0.1) is 26.4 Å². The van der Waals surface area contributed by atoms with Gasteiger partial charge in [-0.25, -0.2) is 9.36 Å². The Morgan fingerprint density at radius 1 is 0.925 bits per heavy atom. The zero-order valence-electron chi connectivity index (χ0n) is 24.5. The molecule has 0 amide bonds. The summed E-state index contributed by atoms with van der Waals surface area (Å²) in [5.74, 6) is -0.732. The number of rotatable bonds is 13. The van der Waals surface area contributed by atoms with Crippen LogP contribution in [0, 0.1) is 11.8 Å².